The van der Waals surface area contributed by atoms with E-state index in [4.69, 9.17) is 14.2 Å². The van der Waals surface area contributed by atoms with Crippen LogP contribution in [0.15, 0.2) is 59.5 Å². The van der Waals surface area contributed by atoms with Gasteiger partial charge in [0.05, 0.1) is 37.4 Å². The van der Waals surface area contributed by atoms with E-state index in [9.17, 15) is 18.3 Å². The predicted molar refractivity (Wildman–Crippen MR) is 151 cm³/mol. The number of sulfonamides is 1. The third-order valence-electron chi connectivity index (χ3n) is 7.46. The van der Waals surface area contributed by atoms with Crippen molar-refractivity contribution in [2.75, 3.05) is 46.5 Å². The molecule has 220 valence electrons. The number of nitrogens with one attached hydrogen (secondary N) is 2. The van der Waals surface area contributed by atoms with Crippen molar-refractivity contribution in [3.05, 3.63) is 60.2 Å². The van der Waals surface area contributed by atoms with Gasteiger partial charge >= 0.3 is 6.09 Å². The largest absolute Gasteiger partial charge is 0.497 e. The van der Waals surface area contributed by atoms with Crippen LogP contribution in [0.3, 0.4) is 0 Å². The fourth-order valence-electron chi connectivity index (χ4n) is 5.34. The van der Waals surface area contributed by atoms with Crippen LogP contribution < -0.4 is 15.4 Å². The van der Waals surface area contributed by atoms with E-state index in [1.165, 1.54) is 23.5 Å². The van der Waals surface area contributed by atoms with E-state index in [2.05, 4.69) is 10.6 Å². The minimum atomic E-state index is -3.93. The van der Waals surface area contributed by atoms with Gasteiger partial charge in [-0.05, 0) is 42.2 Å². The average molecular weight is 576 g/mol. The van der Waals surface area contributed by atoms with Crippen molar-refractivity contribution in [2.24, 2.45) is 17.8 Å². The molecule has 2 aromatic rings. The number of fused-ring (bicyclic) bond motifs is 1. The highest BCUT2D eigenvalue weighted by Crippen LogP contribution is 2.28. The van der Waals surface area contributed by atoms with Gasteiger partial charge in [0.1, 0.15) is 11.9 Å². The summed E-state index contributed by atoms with van der Waals surface area (Å²) in [6.45, 7) is 6.38. The zero-order valence-corrected chi connectivity index (χ0v) is 24.2. The van der Waals surface area contributed by atoms with Crippen molar-refractivity contribution in [3.8, 4) is 5.75 Å². The summed E-state index contributed by atoms with van der Waals surface area (Å²) in [5.41, 5.74) is 0.890. The number of methoxy groups -OCH3 is 1. The lowest BCUT2D eigenvalue weighted by Gasteiger charge is -2.34. The second kappa shape index (κ2) is 13.8. The van der Waals surface area contributed by atoms with E-state index < -0.39 is 34.4 Å². The lowest BCUT2D eigenvalue weighted by atomic mass is 9.89. The molecule has 2 aliphatic rings. The number of hydrogen-bond acceptors (Lipinski definition) is 8. The normalized spacial score (nSPS) is 22.5. The molecule has 5 atom stereocenters. The lowest BCUT2D eigenvalue weighted by Crippen LogP contribution is -2.52. The average Bonchev–Trinajstić information content (AvgIpc) is 3.43. The van der Waals surface area contributed by atoms with Crippen molar-refractivity contribution in [1.29, 1.82) is 0 Å². The molecule has 0 spiro atoms. The maximum Gasteiger partial charge on any atom is 0.407 e. The standard InChI is InChI=1S/C29H41N3O7S/c1-20(2)16-32(40(35,36)24-11-9-23(37-3)10-12-24)17-27(33)26(13-21-7-5-4-6-8-21)31-29(34)39-28-19-38-18-22-14-30-15-25(22)28/h4-12,20,22,25-28,30,33H,13-19H2,1-3H3,(H,31,34)/t22?,25?,26-,27+,28?/m1/s1. The van der Waals surface area contributed by atoms with Gasteiger partial charge in [0, 0.05) is 38.0 Å². The number of rotatable bonds is 12. The highest BCUT2D eigenvalue weighted by molar-refractivity contribution is 7.89. The molecule has 2 aromatic carbocycles. The molecule has 0 saturated carbocycles. The second-order valence-corrected chi connectivity index (χ2v) is 12.9. The van der Waals surface area contributed by atoms with Crippen molar-refractivity contribution in [1.82, 2.24) is 14.9 Å². The number of hydrogen-bond donors (Lipinski definition) is 3. The second-order valence-electron chi connectivity index (χ2n) is 11.0. The zero-order valence-electron chi connectivity index (χ0n) is 23.4. The van der Waals surface area contributed by atoms with Crippen LogP contribution in [0.5, 0.6) is 5.75 Å². The van der Waals surface area contributed by atoms with Gasteiger partial charge in [-0.25, -0.2) is 13.2 Å². The molecule has 4 rings (SSSR count). The van der Waals surface area contributed by atoms with Crippen LogP contribution in [0, 0.1) is 17.8 Å². The zero-order chi connectivity index (χ0) is 28.7. The maximum atomic E-state index is 13.6. The van der Waals surface area contributed by atoms with Crippen LogP contribution in [0.25, 0.3) is 0 Å². The Bertz CT molecular complexity index is 1190. The Hall–Kier alpha value is -2.70. The van der Waals surface area contributed by atoms with Crippen LogP contribution in [0.2, 0.25) is 0 Å². The summed E-state index contributed by atoms with van der Waals surface area (Å²) in [5.74, 6) is 1.02. The molecule has 40 heavy (non-hydrogen) atoms. The number of nitrogens with zero attached hydrogens (tertiary/aromatic N) is 1. The van der Waals surface area contributed by atoms with Gasteiger partial charge in [-0.2, -0.15) is 4.31 Å². The van der Waals surface area contributed by atoms with E-state index in [0.717, 1.165) is 18.7 Å². The highest BCUT2D eigenvalue weighted by atomic mass is 32.2. The molecule has 3 N–H and O–H groups in total. The Morgan fingerprint density at radius 2 is 1.82 bits per heavy atom. The molecule has 0 bridgehead atoms. The first-order valence-corrected chi connectivity index (χ1v) is 15.2. The first kappa shape index (κ1) is 30.3. The Morgan fingerprint density at radius 1 is 1.10 bits per heavy atom. The molecule has 2 aliphatic heterocycles. The monoisotopic (exact) mass is 575 g/mol. The van der Waals surface area contributed by atoms with Gasteiger partial charge in [-0.1, -0.05) is 44.2 Å². The Morgan fingerprint density at radius 3 is 2.50 bits per heavy atom. The molecule has 2 heterocycles. The minimum absolute atomic E-state index is 0.00462. The minimum Gasteiger partial charge on any atom is -0.497 e. The van der Waals surface area contributed by atoms with Crippen LogP contribution >= 0.6 is 0 Å². The van der Waals surface area contributed by atoms with Gasteiger partial charge in [0.25, 0.3) is 0 Å². The summed E-state index contributed by atoms with van der Waals surface area (Å²) < 4.78 is 45.1. The van der Waals surface area contributed by atoms with Crippen molar-refractivity contribution in [3.63, 3.8) is 0 Å². The molecule has 2 saturated heterocycles. The third-order valence-corrected chi connectivity index (χ3v) is 9.31. The van der Waals surface area contributed by atoms with Crippen LogP contribution in [0.1, 0.15) is 19.4 Å². The van der Waals surface area contributed by atoms with E-state index in [-0.39, 0.29) is 29.8 Å². The molecule has 0 radical (unpaired) electrons. The molecule has 2 fully saturated rings. The number of aliphatic hydroxyl groups is 1. The fraction of sp³-hybridized carbons (Fsp3) is 0.552. The number of carbonyl (C=O) groups is 1. The van der Waals surface area contributed by atoms with E-state index in [1.807, 2.05) is 44.2 Å². The van der Waals surface area contributed by atoms with Gasteiger partial charge in [0.2, 0.25) is 10.0 Å². The first-order chi connectivity index (χ1) is 19.2. The third kappa shape index (κ3) is 7.73. The van der Waals surface area contributed by atoms with Gasteiger partial charge in [-0.3, -0.25) is 0 Å². The smallest absolute Gasteiger partial charge is 0.407 e. The van der Waals surface area contributed by atoms with Crippen LogP contribution in [-0.4, -0.2) is 88.7 Å². The van der Waals surface area contributed by atoms with Gasteiger partial charge in [0.15, 0.2) is 0 Å². The number of aliphatic hydroxyl groups excluding tert-OH is 1. The highest BCUT2D eigenvalue weighted by Gasteiger charge is 2.40. The predicted octanol–water partition coefficient (Wildman–Crippen LogP) is 2.27. The van der Waals surface area contributed by atoms with Crippen molar-refractivity contribution >= 4 is 16.1 Å². The van der Waals surface area contributed by atoms with E-state index >= 15 is 0 Å². The summed E-state index contributed by atoms with van der Waals surface area (Å²) in [4.78, 5) is 13.2. The Labute approximate surface area is 237 Å². The van der Waals surface area contributed by atoms with E-state index in [0.29, 0.717) is 31.3 Å². The number of alkyl carbamates (subject to hydrolysis) is 1. The summed E-state index contributed by atoms with van der Waals surface area (Å²) in [6, 6.07) is 14.8. The Balaban J connectivity index is 1.51. The molecule has 11 heteroatoms. The Kier molecular flexibility index (Phi) is 10.4. The SMILES string of the molecule is COc1ccc(S(=O)(=O)N(CC(C)C)C[C@H](O)[C@@H](Cc2ccccc2)NC(=O)OC2COCC3CNCC32)cc1. The molecule has 0 aliphatic carbocycles. The van der Waals surface area contributed by atoms with Gasteiger partial charge in [-0.15, -0.1) is 0 Å². The summed E-state index contributed by atoms with van der Waals surface area (Å²) in [5, 5.41) is 17.6. The van der Waals surface area contributed by atoms with E-state index in [1.54, 1.807) is 12.1 Å². The molecule has 1 amide bonds. The van der Waals surface area contributed by atoms with Crippen molar-refractivity contribution < 1.29 is 32.5 Å². The topological polar surface area (TPSA) is 126 Å². The lowest BCUT2D eigenvalue weighted by molar-refractivity contribution is -0.0687. The molecule has 3 unspecified atom stereocenters. The van der Waals surface area contributed by atoms with Gasteiger partial charge < -0.3 is 30.0 Å². The molecular formula is C29H41N3O7S. The number of ether oxygens (including phenoxy) is 3. The first-order valence-electron chi connectivity index (χ1n) is 13.8. The summed E-state index contributed by atoms with van der Waals surface area (Å²) in [7, 11) is -2.42. The number of benzene rings is 2. The summed E-state index contributed by atoms with van der Waals surface area (Å²) in [6.07, 6.45) is -1.96. The number of amides is 1. The molecule has 10 nitrogen and oxygen atoms in total. The summed E-state index contributed by atoms with van der Waals surface area (Å²) >= 11 is 0. The number of carbonyl (C=O) groups excluding carboxylic acids is 1. The maximum absolute atomic E-state index is 13.6. The van der Waals surface area contributed by atoms with Crippen LogP contribution in [-0.2, 0) is 25.9 Å². The molecular weight excluding hydrogens is 534 g/mol. The van der Waals surface area contributed by atoms with Crippen molar-refractivity contribution in [2.45, 2.75) is 43.4 Å². The fourth-order valence-corrected chi connectivity index (χ4v) is 6.96. The van der Waals surface area contributed by atoms with Crippen LogP contribution in [0.4, 0.5) is 4.79 Å². The quantitative estimate of drug-likeness (QED) is 0.352. The molecule has 0 aromatic heterocycles.